The van der Waals surface area contributed by atoms with Crippen molar-refractivity contribution in [1.82, 2.24) is 20.2 Å². The van der Waals surface area contributed by atoms with Crippen LogP contribution < -0.4 is 0 Å². The molecule has 4 rings (SSSR count). The van der Waals surface area contributed by atoms with Gasteiger partial charge in [0.1, 0.15) is 5.76 Å². The van der Waals surface area contributed by atoms with Gasteiger partial charge in [-0.25, -0.2) is 0 Å². The summed E-state index contributed by atoms with van der Waals surface area (Å²) in [4.78, 5) is 19.0. The summed E-state index contributed by atoms with van der Waals surface area (Å²) in [5.41, 5.74) is 1.59. The SMILES string of the molecule is Cc1nc(CC2CCOC3(CCN(C(=O)Cc4c(C)noc4C)CC3)C2)no1. The Labute approximate surface area is 164 Å². The Morgan fingerprint density at radius 1 is 1.18 bits per heavy atom. The van der Waals surface area contributed by atoms with Crippen molar-refractivity contribution >= 4 is 5.91 Å². The Morgan fingerprint density at radius 3 is 2.61 bits per heavy atom. The number of nitrogens with zero attached hydrogens (tertiary/aromatic N) is 4. The van der Waals surface area contributed by atoms with Gasteiger partial charge in [0.25, 0.3) is 0 Å². The molecule has 0 radical (unpaired) electrons. The molecule has 1 spiro atoms. The van der Waals surface area contributed by atoms with Gasteiger partial charge < -0.3 is 18.7 Å². The van der Waals surface area contributed by atoms with Crippen LogP contribution in [0.1, 0.15) is 54.4 Å². The number of rotatable bonds is 4. The topological polar surface area (TPSA) is 94.5 Å². The summed E-state index contributed by atoms with van der Waals surface area (Å²) in [6.07, 6.45) is 4.95. The fourth-order valence-electron chi connectivity index (χ4n) is 4.52. The highest BCUT2D eigenvalue weighted by atomic mass is 16.5. The van der Waals surface area contributed by atoms with E-state index in [4.69, 9.17) is 13.8 Å². The van der Waals surface area contributed by atoms with Gasteiger partial charge in [-0.15, -0.1) is 0 Å². The Balaban J connectivity index is 1.33. The van der Waals surface area contributed by atoms with Crippen molar-refractivity contribution in [1.29, 1.82) is 0 Å². The standard InChI is InChI=1S/C20H28N4O4/c1-13-17(14(2)27-22-13)11-19(25)24-7-5-20(6-8-24)12-16(4-9-26-20)10-18-21-15(3)28-23-18/h16H,4-12H2,1-3H3. The number of carbonyl (C=O) groups is 1. The van der Waals surface area contributed by atoms with Crippen LogP contribution in [0.2, 0.25) is 0 Å². The quantitative estimate of drug-likeness (QED) is 0.794. The Hall–Kier alpha value is -2.22. The molecule has 0 N–H and O–H groups in total. The number of hydrogen-bond acceptors (Lipinski definition) is 7. The number of aryl methyl sites for hydroxylation is 3. The monoisotopic (exact) mass is 388 g/mol. The van der Waals surface area contributed by atoms with Gasteiger partial charge in [-0.2, -0.15) is 4.98 Å². The Bertz CT molecular complexity index is 816. The minimum atomic E-state index is -0.124. The van der Waals surface area contributed by atoms with E-state index in [0.29, 0.717) is 18.2 Å². The number of likely N-dealkylation sites (tertiary alicyclic amines) is 1. The van der Waals surface area contributed by atoms with Crippen molar-refractivity contribution in [2.75, 3.05) is 19.7 Å². The second-order valence-electron chi connectivity index (χ2n) is 8.18. The fraction of sp³-hybridized carbons (Fsp3) is 0.700. The zero-order valence-electron chi connectivity index (χ0n) is 16.9. The Kier molecular flexibility index (Phi) is 5.23. The predicted octanol–water partition coefficient (Wildman–Crippen LogP) is 2.56. The van der Waals surface area contributed by atoms with Gasteiger partial charge in [-0.1, -0.05) is 10.3 Å². The van der Waals surface area contributed by atoms with E-state index in [9.17, 15) is 4.79 Å². The molecule has 1 amide bonds. The minimum absolute atomic E-state index is 0.124. The van der Waals surface area contributed by atoms with E-state index in [-0.39, 0.29) is 11.5 Å². The molecule has 28 heavy (non-hydrogen) atoms. The molecule has 2 saturated heterocycles. The van der Waals surface area contributed by atoms with E-state index >= 15 is 0 Å². The summed E-state index contributed by atoms with van der Waals surface area (Å²) >= 11 is 0. The van der Waals surface area contributed by atoms with Gasteiger partial charge in [0.15, 0.2) is 5.82 Å². The molecular weight excluding hydrogens is 360 g/mol. The summed E-state index contributed by atoms with van der Waals surface area (Å²) in [5, 5.41) is 7.98. The van der Waals surface area contributed by atoms with Crippen molar-refractivity contribution in [3.63, 3.8) is 0 Å². The van der Waals surface area contributed by atoms with E-state index in [1.54, 1.807) is 0 Å². The maximum Gasteiger partial charge on any atom is 0.227 e. The first kappa shape index (κ1) is 19.1. The highest BCUT2D eigenvalue weighted by molar-refractivity contribution is 5.79. The summed E-state index contributed by atoms with van der Waals surface area (Å²) in [5.74, 6) is 2.76. The van der Waals surface area contributed by atoms with E-state index in [1.807, 2.05) is 25.7 Å². The number of hydrogen-bond donors (Lipinski definition) is 0. The van der Waals surface area contributed by atoms with Gasteiger partial charge in [-0.05, 0) is 45.4 Å². The van der Waals surface area contributed by atoms with Crippen LogP contribution in [-0.2, 0) is 22.4 Å². The van der Waals surface area contributed by atoms with Crippen LogP contribution in [0.3, 0.4) is 0 Å². The van der Waals surface area contributed by atoms with Crippen molar-refractivity contribution in [2.45, 2.75) is 64.9 Å². The average Bonchev–Trinajstić information content (AvgIpc) is 3.22. The molecule has 0 bridgehead atoms. The van der Waals surface area contributed by atoms with E-state index in [1.165, 1.54) is 0 Å². The summed E-state index contributed by atoms with van der Waals surface area (Å²) < 4.78 is 16.5. The first-order valence-electron chi connectivity index (χ1n) is 10.1. The summed E-state index contributed by atoms with van der Waals surface area (Å²) in [6.45, 7) is 7.78. The van der Waals surface area contributed by atoms with Gasteiger partial charge in [-0.3, -0.25) is 4.79 Å². The van der Waals surface area contributed by atoms with Gasteiger partial charge in [0.05, 0.1) is 17.7 Å². The molecule has 0 aromatic carbocycles. The zero-order valence-corrected chi connectivity index (χ0v) is 16.9. The van der Waals surface area contributed by atoms with Crippen LogP contribution in [0.15, 0.2) is 9.05 Å². The second kappa shape index (κ2) is 7.66. The molecular formula is C20H28N4O4. The van der Waals surface area contributed by atoms with Gasteiger partial charge in [0, 0.05) is 38.6 Å². The van der Waals surface area contributed by atoms with Crippen LogP contribution in [0.5, 0.6) is 0 Å². The maximum atomic E-state index is 12.7. The largest absolute Gasteiger partial charge is 0.375 e. The Morgan fingerprint density at radius 2 is 1.96 bits per heavy atom. The number of ether oxygens (including phenoxy) is 1. The molecule has 8 nitrogen and oxygen atoms in total. The number of aromatic nitrogens is 3. The molecule has 0 aliphatic carbocycles. The summed E-state index contributed by atoms with van der Waals surface area (Å²) in [7, 11) is 0. The molecule has 152 valence electrons. The van der Waals surface area contributed by atoms with Crippen LogP contribution in [0, 0.1) is 26.7 Å². The molecule has 1 unspecified atom stereocenters. The van der Waals surface area contributed by atoms with E-state index < -0.39 is 0 Å². The fourth-order valence-corrected chi connectivity index (χ4v) is 4.52. The highest BCUT2D eigenvalue weighted by Crippen LogP contribution is 2.38. The van der Waals surface area contributed by atoms with E-state index in [0.717, 1.165) is 74.6 Å². The predicted molar refractivity (Wildman–Crippen MR) is 99.6 cm³/mol. The lowest BCUT2D eigenvalue weighted by Gasteiger charge is -2.46. The number of amides is 1. The van der Waals surface area contributed by atoms with Crippen LogP contribution in [-0.4, -0.2) is 51.4 Å². The molecule has 2 aromatic heterocycles. The van der Waals surface area contributed by atoms with Crippen molar-refractivity contribution in [3.05, 3.63) is 28.7 Å². The normalized spacial score (nSPS) is 22.0. The maximum absolute atomic E-state index is 12.7. The second-order valence-corrected chi connectivity index (χ2v) is 8.18. The zero-order chi connectivity index (χ0) is 19.7. The lowest BCUT2D eigenvalue weighted by atomic mass is 9.78. The molecule has 2 aliphatic heterocycles. The van der Waals surface area contributed by atoms with Crippen molar-refractivity contribution in [3.8, 4) is 0 Å². The smallest absolute Gasteiger partial charge is 0.227 e. The molecule has 8 heteroatoms. The molecule has 4 heterocycles. The van der Waals surface area contributed by atoms with Crippen LogP contribution in [0.4, 0.5) is 0 Å². The third kappa shape index (κ3) is 3.97. The molecule has 0 saturated carbocycles. The summed E-state index contributed by atoms with van der Waals surface area (Å²) in [6, 6.07) is 0. The van der Waals surface area contributed by atoms with Gasteiger partial charge >= 0.3 is 0 Å². The van der Waals surface area contributed by atoms with Crippen LogP contribution in [0.25, 0.3) is 0 Å². The van der Waals surface area contributed by atoms with Gasteiger partial charge in [0.2, 0.25) is 11.8 Å². The molecule has 1 atom stereocenters. The lowest BCUT2D eigenvalue weighted by molar-refractivity contribution is -0.146. The number of carbonyl (C=O) groups excluding carboxylic acids is 1. The highest BCUT2D eigenvalue weighted by Gasteiger charge is 2.41. The lowest BCUT2D eigenvalue weighted by Crippen LogP contribution is -2.51. The first-order chi connectivity index (χ1) is 13.4. The molecule has 2 aromatic rings. The molecule has 2 fully saturated rings. The number of piperidine rings is 1. The third-order valence-corrected chi connectivity index (χ3v) is 6.17. The molecule has 2 aliphatic rings. The van der Waals surface area contributed by atoms with Crippen molar-refractivity contribution in [2.24, 2.45) is 5.92 Å². The van der Waals surface area contributed by atoms with Crippen LogP contribution >= 0.6 is 0 Å². The first-order valence-corrected chi connectivity index (χ1v) is 10.1. The average molecular weight is 388 g/mol. The minimum Gasteiger partial charge on any atom is -0.375 e. The third-order valence-electron chi connectivity index (χ3n) is 6.17. The van der Waals surface area contributed by atoms with E-state index in [2.05, 4.69) is 15.3 Å². The van der Waals surface area contributed by atoms with Crippen molar-refractivity contribution < 1.29 is 18.6 Å².